The fraction of sp³-hybridized carbons (Fsp3) is 0.455. The third kappa shape index (κ3) is 6.66. The summed E-state index contributed by atoms with van der Waals surface area (Å²) in [5.41, 5.74) is 1.12. The molecule has 12 heteroatoms. The molecule has 1 aromatic carbocycles. The van der Waals surface area contributed by atoms with Crippen molar-refractivity contribution in [3.8, 4) is 0 Å². The second-order valence-electron chi connectivity index (χ2n) is 8.33. The van der Waals surface area contributed by atoms with E-state index in [1.54, 1.807) is 0 Å². The zero-order valence-electron chi connectivity index (χ0n) is 17.8. The average molecular weight is 506 g/mol. The standard InChI is InChI=1S/C20H22F2N2O2S.C2HF3O2/c21-15-2-1-13(18(22)10-15)9-14-5-6-27-19(14)24(20(25)26)11-12-7-16-3-4-17(8-12)23-16;3-2(4,5)1(6)7/h1-2,5-6,10,12,16-17,23H,3-4,7-9,11H2,(H,25,26);(H,6,7). The predicted molar refractivity (Wildman–Crippen MR) is 115 cm³/mol. The number of hydrogen-bond donors (Lipinski definition) is 3. The molecule has 1 amide bonds. The minimum absolute atomic E-state index is 0.242. The smallest absolute Gasteiger partial charge is 0.475 e. The molecule has 2 unspecified atom stereocenters. The maximum atomic E-state index is 14.0. The van der Waals surface area contributed by atoms with Gasteiger partial charge in [-0.2, -0.15) is 13.2 Å². The maximum Gasteiger partial charge on any atom is 0.490 e. The van der Waals surface area contributed by atoms with E-state index in [9.17, 15) is 31.9 Å². The molecule has 2 atom stereocenters. The molecular formula is C22H23F5N2O4S. The third-order valence-corrected chi connectivity index (χ3v) is 6.83. The van der Waals surface area contributed by atoms with Crippen LogP contribution in [0.1, 0.15) is 36.8 Å². The van der Waals surface area contributed by atoms with E-state index in [2.05, 4.69) is 5.32 Å². The molecule has 0 radical (unpaired) electrons. The molecule has 3 heterocycles. The number of aliphatic carboxylic acids is 1. The van der Waals surface area contributed by atoms with Gasteiger partial charge in [-0.05, 0) is 60.2 Å². The lowest BCUT2D eigenvalue weighted by Crippen LogP contribution is -2.43. The Morgan fingerprint density at radius 1 is 1.06 bits per heavy atom. The number of anilines is 1. The van der Waals surface area contributed by atoms with Crippen molar-refractivity contribution in [2.45, 2.75) is 50.4 Å². The fourth-order valence-corrected chi connectivity index (χ4v) is 5.33. The summed E-state index contributed by atoms with van der Waals surface area (Å²) in [6.45, 7) is 0.462. The number of carbonyl (C=O) groups is 2. The number of carboxylic acid groups (broad SMARTS) is 2. The molecule has 2 aromatic rings. The highest BCUT2D eigenvalue weighted by molar-refractivity contribution is 7.14. The summed E-state index contributed by atoms with van der Waals surface area (Å²) in [6.07, 6.45) is -1.50. The number of alkyl halides is 3. The van der Waals surface area contributed by atoms with Crippen LogP contribution in [-0.4, -0.2) is 47.1 Å². The minimum Gasteiger partial charge on any atom is -0.475 e. The second kappa shape index (κ2) is 10.7. The first kappa shape index (κ1) is 25.9. The molecule has 4 rings (SSSR count). The Hall–Kier alpha value is -2.73. The summed E-state index contributed by atoms with van der Waals surface area (Å²) in [5, 5.41) is 23.0. The lowest BCUT2D eigenvalue weighted by molar-refractivity contribution is -0.192. The monoisotopic (exact) mass is 506 g/mol. The number of nitrogens with one attached hydrogen (secondary N) is 1. The van der Waals surface area contributed by atoms with Gasteiger partial charge in [0.05, 0.1) is 0 Å². The van der Waals surface area contributed by atoms with Gasteiger partial charge in [-0.25, -0.2) is 18.4 Å². The number of fused-ring (bicyclic) bond motifs is 2. The van der Waals surface area contributed by atoms with Gasteiger partial charge >= 0.3 is 18.2 Å². The van der Waals surface area contributed by atoms with Gasteiger partial charge in [0.15, 0.2) is 0 Å². The Morgan fingerprint density at radius 2 is 1.68 bits per heavy atom. The molecule has 2 aliphatic heterocycles. The fourth-order valence-electron chi connectivity index (χ4n) is 4.40. The zero-order valence-corrected chi connectivity index (χ0v) is 18.6. The van der Waals surface area contributed by atoms with Crippen LogP contribution in [0.15, 0.2) is 29.6 Å². The lowest BCUT2D eigenvalue weighted by atomic mass is 9.92. The van der Waals surface area contributed by atoms with E-state index in [1.807, 2.05) is 11.4 Å². The van der Waals surface area contributed by atoms with E-state index in [0.717, 1.165) is 24.5 Å². The van der Waals surface area contributed by atoms with Crippen LogP contribution in [0.4, 0.5) is 31.7 Å². The second-order valence-corrected chi connectivity index (χ2v) is 9.23. The molecule has 2 fully saturated rings. The molecule has 186 valence electrons. The largest absolute Gasteiger partial charge is 0.490 e. The van der Waals surface area contributed by atoms with Crippen molar-refractivity contribution >= 4 is 28.4 Å². The van der Waals surface area contributed by atoms with Gasteiger partial charge in [0, 0.05) is 31.1 Å². The van der Waals surface area contributed by atoms with Crippen LogP contribution in [0.5, 0.6) is 0 Å². The molecule has 1 aromatic heterocycles. The Kier molecular flexibility index (Phi) is 8.13. The summed E-state index contributed by atoms with van der Waals surface area (Å²) in [7, 11) is 0. The highest BCUT2D eigenvalue weighted by atomic mass is 32.1. The molecule has 2 saturated heterocycles. The van der Waals surface area contributed by atoms with E-state index in [-0.39, 0.29) is 6.42 Å². The highest BCUT2D eigenvalue weighted by Crippen LogP contribution is 2.35. The molecule has 6 nitrogen and oxygen atoms in total. The van der Waals surface area contributed by atoms with Crippen molar-refractivity contribution in [2.24, 2.45) is 5.92 Å². The number of piperidine rings is 1. The number of carboxylic acids is 1. The molecule has 0 spiro atoms. The van der Waals surface area contributed by atoms with Gasteiger partial charge in [0.1, 0.15) is 16.6 Å². The topological polar surface area (TPSA) is 89.9 Å². The van der Waals surface area contributed by atoms with Crippen LogP contribution in [0.2, 0.25) is 0 Å². The number of amides is 1. The van der Waals surface area contributed by atoms with Crippen molar-refractivity contribution in [3.05, 3.63) is 52.4 Å². The molecule has 0 saturated carbocycles. The quantitative estimate of drug-likeness (QED) is 0.481. The number of benzene rings is 1. The number of halogens is 5. The third-order valence-electron chi connectivity index (χ3n) is 5.85. The number of hydrogen-bond acceptors (Lipinski definition) is 4. The Bertz CT molecular complexity index is 1020. The molecule has 0 aliphatic carbocycles. The van der Waals surface area contributed by atoms with Gasteiger partial charge in [-0.15, -0.1) is 11.3 Å². The first-order valence-corrected chi connectivity index (χ1v) is 11.4. The number of rotatable bonds is 5. The molecular weight excluding hydrogens is 483 g/mol. The van der Waals surface area contributed by atoms with Crippen LogP contribution in [-0.2, 0) is 11.2 Å². The summed E-state index contributed by atoms with van der Waals surface area (Å²) < 4.78 is 58.9. The average Bonchev–Trinajstić information content (AvgIpc) is 3.33. The zero-order chi connectivity index (χ0) is 25.0. The van der Waals surface area contributed by atoms with Crippen LogP contribution in [0, 0.1) is 17.6 Å². The van der Waals surface area contributed by atoms with Crippen LogP contribution in [0.25, 0.3) is 0 Å². The SMILES string of the molecule is O=C(O)C(F)(F)F.O=C(O)N(CC1CC2CCC(C1)N2)c1sccc1Cc1ccc(F)cc1F. The highest BCUT2D eigenvalue weighted by Gasteiger charge is 2.38. The van der Waals surface area contributed by atoms with Gasteiger partial charge < -0.3 is 15.5 Å². The summed E-state index contributed by atoms with van der Waals surface area (Å²) >= 11 is 1.35. The Labute approximate surface area is 196 Å². The molecule has 2 bridgehead atoms. The van der Waals surface area contributed by atoms with Crippen molar-refractivity contribution in [1.82, 2.24) is 5.32 Å². The van der Waals surface area contributed by atoms with Crippen LogP contribution >= 0.6 is 11.3 Å². The van der Waals surface area contributed by atoms with E-state index in [4.69, 9.17) is 9.90 Å². The molecule has 2 aliphatic rings. The Morgan fingerprint density at radius 3 is 2.21 bits per heavy atom. The van der Waals surface area contributed by atoms with Crippen LogP contribution in [0.3, 0.4) is 0 Å². The number of nitrogens with zero attached hydrogens (tertiary/aromatic N) is 1. The lowest BCUT2D eigenvalue weighted by Gasteiger charge is -2.32. The summed E-state index contributed by atoms with van der Waals surface area (Å²) in [5.74, 6) is -3.65. The van der Waals surface area contributed by atoms with Crippen LogP contribution < -0.4 is 10.2 Å². The van der Waals surface area contributed by atoms with E-state index < -0.39 is 29.9 Å². The van der Waals surface area contributed by atoms with Crippen molar-refractivity contribution < 1.29 is 41.8 Å². The van der Waals surface area contributed by atoms with Crippen molar-refractivity contribution in [3.63, 3.8) is 0 Å². The predicted octanol–water partition coefficient (Wildman–Crippen LogP) is 5.27. The Balaban J connectivity index is 0.000000406. The summed E-state index contributed by atoms with van der Waals surface area (Å²) in [4.78, 5) is 22.3. The molecule has 34 heavy (non-hydrogen) atoms. The van der Waals surface area contributed by atoms with E-state index in [1.165, 1.54) is 41.2 Å². The summed E-state index contributed by atoms with van der Waals surface area (Å²) in [6, 6.07) is 6.33. The normalized spacial score (nSPS) is 21.5. The first-order chi connectivity index (χ1) is 15.9. The van der Waals surface area contributed by atoms with Crippen molar-refractivity contribution in [1.29, 1.82) is 0 Å². The minimum atomic E-state index is -5.08. The molecule has 3 N–H and O–H groups in total. The maximum absolute atomic E-state index is 14.0. The number of thiophene rings is 1. The van der Waals surface area contributed by atoms with Gasteiger partial charge in [0.2, 0.25) is 0 Å². The van der Waals surface area contributed by atoms with Gasteiger partial charge in [-0.3, -0.25) is 4.90 Å². The van der Waals surface area contributed by atoms with Crippen molar-refractivity contribution in [2.75, 3.05) is 11.4 Å². The van der Waals surface area contributed by atoms with Gasteiger partial charge in [0.25, 0.3) is 0 Å². The van der Waals surface area contributed by atoms with E-state index >= 15 is 0 Å². The first-order valence-electron chi connectivity index (χ1n) is 10.5. The van der Waals surface area contributed by atoms with Gasteiger partial charge in [-0.1, -0.05) is 6.07 Å². The van der Waals surface area contributed by atoms with E-state index in [0.29, 0.717) is 35.1 Å².